The molecule has 5 rings (SSSR count). The van der Waals surface area contributed by atoms with Crippen LogP contribution in [-0.2, 0) is 0 Å². The molecule has 0 saturated carbocycles. The number of aryl methyl sites for hydroxylation is 1. The number of rotatable bonds is 4. The number of nitrogens with zero attached hydrogens (tertiary/aromatic N) is 4. The minimum Gasteiger partial charge on any atom is -0.394 e. The number of aliphatic hydroxyl groups excluding tert-OH is 1. The summed E-state index contributed by atoms with van der Waals surface area (Å²) in [5, 5.41) is 15.1. The molecule has 3 heterocycles. The molecular formula is C24H21ClF2N4O. The first-order valence-corrected chi connectivity index (χ1v) is 10.8. The second-order valence-corrected chi connectivity index (χ2v) is 8.43. The first kappa shape index (κ1) is 20.8. The Kier molecular flexibility index (Phi) is 5.31. The van der Waals surface area contributed by atoms with Crippen molar-refractivity contribution in [1.82, 2.24) is 14.6 Å². The molecule has 0 bridgehead atoms. The quantitative estimate of drug-likeness (QED) is 0.456. The van der Waals surface area contributed by atoms with Crippen molar-refractivity contribution in [3.63, 3.8) is 0 Å². The van der Waals surface area contributed by atoms with Crippen molar-refractivity contribution in [2.24, 2.45) is 0 Å². The van der Waals surface area contributed by atoms with E-state index in [1.807, 2.05) is 24.0 Å². The third-order valence-corrected chi connectivity index (χ3v) is 6.22. The molecule has 164 valence electrons. The van der Waals surface area contributed by atoms with E-state index in [0.717, 1.165) is 42.3 Å². The van der Waals surface area contributed by atoms with E-state index >= 15 is 0 Å². The molecule has 32 heavy (non-hydrogen) atoms. The van der Waals surface area contributed by atoms with E-state index in [-0.39, 0.29) is 18.2 Å². The number of aromatic nitrogens is 3. The van der Waals surface area contributed by atoms with Gasteiger partial charge in [0.2, 0.25) is 0 Å². The summed E-state index contributed by atoms with van der Waals surface area (Å²) in [6.45, 7) is 2.62. The second-order valence-electron chi connectivity index (χ2n) is 8.00. The van der Waals surface area contributed by atoms with Crippen LogP contribution in [0.15, 0.2) is 48.5 Å². The highest BCUT2D eigenvalue weighted by molar-refractivity contribution is 6.30. The average Bonchev–Trinajstić information content (AvgIpc) is 3.37. The van der Waals surface area contributed by atoms with E-state index in [9.17, 15) is 13.9 Å². The molecule has 1 aliphatic heterocycles. The van der Waals surface area contributed by atoms with Crippen LogP contribution in [0.4, 0.5) is 14.6 Å². The smallest absolute Gasteiger partial charge is 0.166 e. The first-order chi connectivity index (χ1) is 15.5. The van der Waals surface area contributed by atoms with Gasteiger partial charge in [0, 0.05) is 34.8 Å². The lowest BCUT2D eigenvalue weighted by molar-refractivity contribution is 0.266. The Morgan fingerprint density at radius 3 is 2.62 bits per heavy atom. The maximum Gasteiger partial charge on any atom is 0.166 e. The molecule has 1 unspecified atom stereocenters. The Morgan fingerprint density at radius 1 is 1.12 bits per heavy atom. The van der Waals surface area contributed by atoms with Gasteiger partial charge in [-0.2, -0.15) is 5.10 Å². The van der Waals surface area contributed by atoms with Gasteiger partial charge in [-0.25, -0.2) is 18.3 Å². The molecule has 4 aromatic rings. The molecule has 1 saturated heterocycles. The minimum atomic E-state index is -0.676. The zero-order valence-corrected chi connectivity index (χ0v) is 18.2. The fraction of sp³-hybridized carbons (Fsp3) is 0.250. The molecule has 8 heteroatoms. The van der Waals surface area contributed by atoms with E-state index in [1.165, 1.54) is 12.1 Å². The lowest BCUT2D eigenvalue weighted by Gasteiger charge is -2.25. The molecule has 0 amide bonds. The van der Waals surface area contributed by atoms with Gasteiger partial charge in [-0.05, 0) is 49.6 Å². The highest BCUT2D eigenvalue weighted by atomic mass is 35.5. The third kappa shape index (κ3) is 3.51. The highest BCUT2D eigenvalue weighted by Crippen LogP contribution is 2.35. The van der Waals surface area contributed by atoms with Gasteiger partial charge >= 0.3 is 0 Å². The van der Waals surface area contributed by atoms with Crippen LogP contribution in [0.5, 0.6) is 0 Å². The van der Waals surface area contributed by atoms with Gasteiger partial charge in [0.15, 0.2) is 5.65 Å². The van der Waals surface area contributed by atoms with Crippen molar-refractivity contribution < 1.29 is 13.9 Å². The highest BCUT2D eigenvalue weighted by Gasteiger charge is 2.28. The molecule has 1 atom stereocenters. The molecule has 1 fully saturated rings. The summed E-state index contributed by atoms with van der Waals surface area (Å²) in [5.41, 5.74) is 3.68. The summed E-state index contributed by atoms with van der Waals surface area (Å²) in [6, 6.07) is 12.6. The number of halogens is 3. The summed E-state index contributed by atoms with van der Waals surface area (Å²) in [6.07, 6.45) is 1.78. The SMILES string of the molecule is Cc1nn2c(-c3ccc(F)cc3F)cc(N3CCCC3CO)nc2c1-c1ccc(Cl)cc1. The molecule has 1 aliphatic rings. The lowest BCUT2D eigenvalue weighted by atomic mass is 10.1. The van der Waals surface area contributed by atoms with E-state index in [0.29, 0.717) is 22.2 Å². The van der Waals surface area contributed by atoms with Crippen molar-refractivity contribution in [2.45, 2.75) is 25.8 Å². The molecule has 0 radical (unpaired) electrons. The van der Waals surface area contributed by atoms with Gasteiger partial charge in [0.1, 0.15) is 17.5 Å². The van der Waals surface area contributed by atoms with Crippen molar-refractivity contribution in [1.29, 1.82) is 0 Å². The number of aliphatic hydroxyl groups is 1. The van der Waals surface area contributed by atoms with Gasteiger partial charge in [-0.3, -0.25) is 0 Å². The van der Waals surface area contributed by atoms with Crippen LogP contribution in [0.1, 0.15) is 18.5 Å². The molecule has 1 N–H and O–H groups in total. The van der Waals surface area contributed by atoms with Crippen LogP contribution in [0.2, 0.25) is 5.02 Å². The molecular weight excluding hydrogens is 434 g/mol. The summed E-state index contributed by atoms with van der Waals surface area (Å²) in [5.74, 6) is -0.692. The van der Waals surface area contributed by atoms with E-state index < -0.39 is 11.6 Å². The van der Waals surface area contributed by atoms with Gasteiger partial charge in [-0.1, -0.05) is 23.7 Å². The molecule has 5 nitrogen and oxygen atoms in total. The van der Waals surface area contributed by atoms with Gasteiger partial charge in [-0.15, -0.1) is 0 Å². The normalized spacial score (nSPS) is 16.3. The number of anilines is 1. The van der Waals surface area contributed by atoms with Crippen molar-refractivity contribution in [2.75, 3.05) is 18.1 Å². The number of benzene rings is 2. The largest absolute Gasteiger partial charge is 0.394 e. The van der Waals surface area contributed by atoms with Gasteiger partial charge in [0.25, 0.3) is 0 Å². The lowest BCUT2D eigenvalue weighted by Crippen LogP contribution is -2.32. The third-order valence-electron chi connectivity index (χ3n) is 5.97. The molecule has 2 aromatic heterocycles. The van der Waals surface area contributed by atoms with Crippen LogP contribution >= 0.6 is 11.6 Å². The predicted octanol–water partition coefficient (Wildman–Crippen LogP) is 5.26. The maximum absolute atomic E-state index is 14.8. The van der Waals surface area contributed by atoms with Crippen molar-refractivity contribution >= 4 is 23.1 Å². The molecule has 0 spiro atoms. The van der Waals surface area contributed by atoms with Crippen molar-refractivity contribution in [3.8, 4) is 22.4 Å². The minimum absolute atomic E-state index is 0.00936. The number of hydrogen-bond acceptors (Lipinski definition) is 4. The summed E-state index contributed by atoms with van der Waals surface area (Å²) >= 11 is 6.07. The second kappa shape index (κ2) is 8.15. The summed E-state index contributed by atoms with van der Waals surface area (Å²) < 4.78 is 30.0. The fourth-order valence-electron chi connectivity index (χ4n) is 4.43. The topological polar surface area (TPSA) is 53.7 Å². The predicted molar refractivity (Wildman–Crippen MR) is 121 cm³/mol. The van der Waals surface area contributed by atoms with Crippen LogP contribution in [0.3, 0.4) is 0 Å². The Balaban J connectivity index is 1.80. The van der Waals surface area contributed by atoms with Gasteiger partial charge in [0.05, 0.1) is 24.0 Å². The van der Waals surface area contributed by atoms with Crippen LogP contribution < -0.4 is 4.90 Å². The van der Waals surface area contributed by atoms with E-state index in [4.69, 9.17) is 16.6 Å². The average molecular weight is 455 g/mol. The zero-order chi connectivity index (χ0) is 22.4. The van der Waals surface area contributed by atoms with Crippen LogP contribution in [-0.4, -0.2) is 38.9 Å². The van der Waals surface area contributed by atoms with E-state index in [2.05, 4.69) is 5.10 Å². The monoisotopic (exact) mass is 454 g/mol. The summed E-state index contributed by atoms with van der Waals surface area (Å²) in [7, 11) is 0. The Morgan fingerprint density at radius 2 is 1.91 bits per heavy atom. The zero-order valence-electron chi connectivity index (χ0n) is 17.4. The molecule has 2 aromatic carbocycles. The standard InChI is InChI=1S/C24H21ClF2N4O/c1-14-23(15-4-6-16(25)7-5-15)24-28-22(30-10-2-3-18(30)13-32)12-21(31(24)29-14)19-9-8-17(26)11-20(19)27/h4-9,11-12,18,32H,2-3,10,13H2,1H3. The van der Waals surface area contributed by atoms with Crippen LogP contribution in [0, 0.1) is 18.6 Å². The maximum atomic E-state index is 14.8. The fourth-order valence-corrected chi connectivity index (χ4v) is 4.55. The Labute approximate surface area is 188 Å². The van der Waals surface area contributed by atoms with Crippen LogP contribution in [0.25, 0.3) is 28.0 Å². The Hall–Kier alpha value is -3.03. The first-order valence-electron chi connectivity index (χ1n) is 10.5. The molecule has 0 aliphatic carbocycles. The summed E-state index contributed by atoms with van der Waals surface area (Å²) in [4.78, 5) is 6.93. The van der Waals surface area contributed by atoms with Crippen molar-refractivity contribution in [3.05, 3.63) is 70.9 Å². The van der Waals surface area contributed by atoms with E-state index in [1.54, 1.807) is 22.7 Å². The Bertz CT molecular complexity index is 1310. The number of hydrogen-bond donors (Lipinski definition) is 1. The van der Waals surface area contributed by atoms with Gasteiger partial charge < -0.3 is 10.0 Å². The number of fused-ring (bicyclic) bond motifs is 1.